The fraction of sp³-hybridized carbons (Fsp3) is 0. The Labute approximate surface area is 94.5 Å². The number of rotatable bonds is 1. The number of hydrogen-bond acceptors (Lipinski definition) is 1. The maximum atomic E-state index is 8.40. The summed E-state index contributed by atoms with van der Waals surface area (Å²) in [6.45, 7) is 0. The first-order valence-corrected chi connectivity index (χ1v) is 5.13. The van der Waals surface area contributed by atoms with Crippen molar-refractivity contribution in [1.82, 2.24) is 0 Å². The Bertz CT molecular complexity index is 530. The molecule has 68 valence electrons. The molecule has 2 aromatic carbocycles. The maximum absolute atomic E-state index is 8.40. The average Bonchev–Trinajstić information content (AvgIpc) is 2.20. The van der Waals surface area contributed by atoms with Crippen LogP contribution < -0.4 is 0 Å². The molecular formula is C10H6IN3. The van der Waals surface area contributed by atoms with Gasteiger partial charge in [0.05, 0.1) is 0 Å². The highest BCUT2D eigenvalue weighted by molar-refractivity contribution is 14.1. The molecule has 0 radical (unpaired) electrons. The average molecular weight is 295 g/mol. The Morgan fingerprint density at radius 3 is 2.57 bits per heavy atom. The van der Waals surface area contributed by atoms with E-state index < -0.39 is 0 Å². The van der Waals surface area contributed by atoms with Crippen molar-refractivity contribution in [1.29, 1.82) is 0 Å². The van der Waals surface area contributed by atoms with Crippen molar-refractivity contribution in [3.63, 3.8) is 0 Å². The van der Waals surface area contributed by atoms with Gasteiger partial charge in [-0.25, -0.2) is 0 Å². The van der Waals surface area contributed by atoms with Crippen molar-refractivity contribution in [2.75, 3.05) is 0 Å². The summed E-state index contributed by atoms with van der Waals surface area (Å²) in [4.78, 5) is 2.81. The third-order valence-corrected chi connectivity index (χ3v) is 2.94. The number of hydrogen-bond donors (Lipinski definition) is 0. The van der Waals surface area contributed by atoms with Gasteiger partial charge in [0.1, 0.15) is 0 Å². The summed E-state index contributed by atoms with van der Waals surface area (Å²) in [6.07, 6.45) is 0. The van der Waals surface area contributed by atoms with Crippen LogP contribution >= 0.6 is 22.6 Å². The zero-order valence-electron chi connectivity index (χ0n) is 7.18. The second-order valence-corrected chi connectivity index (χ2v) is 3.96. The van der Waals surface area contributed by atoms with Gasteiger partial charge < -0.3 is 0 Å². The molecule has 3 nitrogen and oxygen atoms in total. The number of benzene rings is 2. The van der Waals surface area contributed by atoms with E-state index in [1.165, 1.54) is 0 Å². The summed E-state index contributed by atoms with van der Waals surface area (Å²) in [5.74, 6) is 0. The lowest BCUT2D eigenvalue weighted by Gasteiger charge is -2.02. The lowest BCUT2D eigenvalue weighted by Crippen LogP contribution is -1.76. The van der Waals surface area contributed by atoms with Gasteiger partial charge in [0.2, 0.25) is 0 Å². The van der Waals surface area contributed by atoms with E-state index in [1.54, 1.807) is 0 Å². The largest absolute Gasteiger partial charge is 0.0611 e. The Hall–Kier alpha value is -1.26. The quantitative estimate of drug-likeness (QED) is 0.324. The molecule has 0 atom stereocenters. The fourth-order valence-electron chi connectivity index (χ4n) is 1.39. The van der Waals surface area contributed by atoms with E-state index in [4.69, 9.17) is 5.53 Å². The van der Waals surface area contributed by atoms with E-state index >= 15 is 0 Å². The summed E-state index contributed by atoms with van der Waals surface area (Å²) in [5, 5.41) is 5.77. The monoisotopic (exact) mass is 295 g/mol. The number of fused-ring (bicyclic) bond motifs is 1. The van der Waals surface area contributed by atoms with Crippen LogP contribution in [0.5, 0.6) is 0 Å². The molecule has 0 unspecified atom stereocenters. The Morgan fingerprint density at radius 2 is 1.79 bits per heavy atom. The molecule has 0 aromatic heterocycles. The minimum absolute atomic E-state index is 0.684. The van der Waals surface area contributed by atoms with E-state index in [-0.39, 0.29) is 0 Å². The molecule has 0 bridgehead atoms. The van der Waals surface area contributed by atoms with Gasteiger partial charge in [0.25, 0.3) is 0 Å². The topological polar surface area (TPSA) is 48.8 Å². The molecule has 2 aromatic rings. The van der Waals surface area contributed by atoms with Gasteiger partial charge in [-0.2, -0.15) is 0 Å². The minimum Gasteiger partial charge on any atom is -0.0611 e. The van der Waals surface area contributed by atoms with Gasteiger partial charge in [-0.1, -0.05) is 35.4 Å². The van der Waals surface area contributed by atoms with E-state index in [9.17, 15) is 0 Å². The first kappa shape index (κ1) is 9.30. The molecular weight excluding hydrogens is 289 g/mol. The Kier molecular flexibility index (Phi) is 2.56. The smallest absolute Gasteiger partial charge is 0.0454 e. The van der Waals surface area contributed by atoms with E-state index in [0.717, 1.165) is 14.3 Å². The molecule has 2 rings (SSSR count). The van der Waals surface area contributed by atoms with Gasteiger partial charge in [-0.05, 0) is 45.0 Å². The molecule has 4 heteroatoms. The highest BCUT2D eigenvalue weighted by Gasteiger charge is 2.00. The van der Waals surface area contributed by atoms with Crippen LogP contribution in [0.4, 0.5) is 5.69 Å². The predicted molar refractivity (Wildman–Crippen MR) is 65.5 cm³/mol. The first-order chi connectivity index (χ1) is 6.83. The SMILES string of the molecule is [N-]=[N+]=Nc1cccc2c(I)cccc12. The zero-order chi connectivity index (χ0) is 9.97. The van der Waals surface area contributed by atoms with Crippen LogP contribution in [-0.2, 0) is 0 Å². The molecule has 0 aliphatic rings. The van der Waals surface area contributed by atoms with E-state index in [1.807, 2.05) is 36.4 Å². The number of azide groups is 1. The van der Waals surface area contributed by atoms with Crippen molar-refractivity contribution in [2.45, 2.75) is 0 Å². The summed E-state index contributed by atoms with van der Waals surface area (Å²) >= 11 is 2.27. The van der Waals surface area contributed by atoms with Crippen LogP contribution in [0.25, 0.3) is 21.2 Å². The zero-order valence-corrected chi connectivity index (χ0v) is 9.34. The highest BCUT2D eigenvalue weighted by Crippen LogP contribution is 2.28. The van der Waals surface area contributed by atoms with Crippen molar-refractivity contribution >= 4 is 39.1 Å². The lowest BCUT2D eigenvalue weighted by atomic mass is 10.1. The highest BCUT2D eigenvalue weighted by atomic mass is 127. The van der Waals surface area contributed by atoms with E-state index in [0.29, 0.717) is 5.69 Å². The van der Waals surface area contributed by atoms with Crippen molar-refractivity contribution in [2.24, 2.45) is 5.11 Å². The molecule has 14 heavy (non-hydrogen) atoms. The van der Waals surface area contributed by atoms with Gasteiger partial charge in [-0.15, -0.1) is 0 Å². The summed E-state index contributed by atoms with van der Waals surface area (Å²) in [7, 11) is 0. The minimum atomic E-state index is 0.684. The Balaban J connectivity index is 2.87. The molecule has 0 fully saturated rings. The van der Waals surface area contributed by atoms with Crippen molar-refractivity contribution in [3.8, 4) is 0 Å². The van der Waals surface area contributed by atoms with Crippen molar-refractivity contribution < 1.29 is 0 Å². The van der Waals surface area contributed by atoms with E-state index in [2.05, 4.69) is 32.6 Å². The fourth-order valence-corrected chi connectivity index (χ4v) is 2.07. The van der Waals surface area contributed by atoms with Crippen LogP contribution in [0.15, 0.2) is 41.5 Å². The van der Waals surface area contributed by atoms with Gasteiger partial charge in [0.15, 0.2) is 0 Å². The van der Waals surface area contributed by atoms with Crippen molar-refractivity contribution in [3.05, 3.63) is 50.4 Å². The Morgan fingerprint density at radius 1 is 1.07 bits per heavy atom. The molecule has 0 N–H and O–H groups in total. The summed E-state index contributed by atoms with van der Waals surface area (Å²) in [6, 6.07) is 11.7. The molecule has 0 saturated heterocycles. The molecule has 0 spiro atoms. The predicted octanol–water partition coefficient (Wildman–Crippen LogP) is 4.39. The number of nitrogens with zero attached hydrogens (tertiary/aromatic N) is 3. The normalized spacial score (nSPS) is 9.79. The lowest BCUT2D eigenvalue weighted by molar-refractivity contribution is 1.51. The second kappa shape index (κ2) is 3.86. The third kappa shape index (κ3) is 1.54. The molecule has 0 amide bonds. The standard InChI is InChI=1S/C10H6IN3/c11-9-5-1-4-8-7(9)3-2-6-10(8)13-14-12/h1-6H. The van der Waals surface area contributed by atoms with Crippen LogP contribution in [0.3, 0.4) is 0 Å². The third-order valence-electron chi connectivity index (χ3n) is 2.00. The molecule has 0 aliphatic carbocycles. The van der Waals surface area contributed by atoms with Crippen LogP contribution in [0, 0.1) is 3.57 Å². The van der Waals surface area contributed by atoms with Crippen LogP contribution in [-0.4, -0.2) is 0 Å². The number of halogens is 1. The van der Waals surface area contributed by atoms with Gasteiger partial charge in [0, 0.05) is 14.2 Å². The second-order valence-electron chi connectivity index (χ2n) is 2.80. The van der Waals surface area contributed by atoms with Gasteiger partial charge >= 0.3 is 0 Å². The van der Waals surface area contributed by atoms with Crippen LogP contribution in [0.1, 0.15) is 0 Å². The maximum Gasteiger partial charge on any atom is 0.0454 e. The first-order valence-electron chi connectivity index (χ1n) is 4.05. The summed E-state index contributed by atoms with van der Waals surface area (Å²) in [5.41, 5.74) is 9.09. The molecule has 0 heterocycles. The summed E-state index contributed by atoms with van der Waals surface area (Å²) < 4.78 is 1.16. The molecule has 0 aliphatic heterocycles. The molecule has 0 saturated carbocycles. The van der Waals surface area contributed by atoms with Crippen LogP contribution in [0.2, 0.25) is 0 Å². The van der Waals surface area contributed by atoms with Gasteiger partial charge in [-0.3, -0.25) is 0 Å².